The molecule has 0 aliphatic carbocycles. The highest BCUT2D eigenvalue weighted by atomic mass is 35.5. The average molecular weight is 275 g/mol. The van der Waals surface area contributed by atoms with E-state index in [9.17, 15) is 9.18 Å². The molecule has 1 aromatic carbocycles. The predicted octanol–water partition coefficient (Wildman–Crippen LogP) is 2.76. The number of carbonyl (C=O) groups is 1. The van der Waals surface area contributed by atoms with Crippen LogP contribution in [0.15, 0.2) is 18.2 Å². The first kappa shape index (κ1) is 14.7. The highest BCUT2D eigenvalue weighted by molar-refractivity contribution is 6.30. The minimum atomic E-state index is -0.699. The Morgan fingerprint density at radius 1 is 1.56 bits per heavy atom. The smallest absolute Gasteiger partial charge is 0.319 e. The van der Waals surface area contributed by atoms with E-state index < -0.39 is 17.4 Å². The van der Waals surface area contributed by atoms with Crippen LogP contribution in [0, 0.1) is 5.82 Å². The van der Waals surface area contributed by atoms with E-state index >= 15 is 0 Å². The minimum absolute atomic E-state index is 0.00490. The van der Waals surface area contributed by atoms with Gasteiger partial charge in [0.05, 0.1) is 17.2 Å². The van der Waals surface area contributed by atoms with Crippen molar-refractivity contribution >= 4 is 23.3 Å². The summed E-state index contributed by atoms with van der Waals surface area (Å²) in [6.45, 7) is 3.39. The molecule has 0 heterocycles. The molecule has 1 atom stereocenters. The van der Waals surface area contributed by atoms with Crippen LogP contribution in [0.4, 0.5) is 14.9 Å². The SMILES string of the molecule is CCC(C)(CO)NC(=O)Nc1ccc(Cl)c(F)c1. The maximum absolute atomic E-state index is 13.2. The van der Waals surface area contributed by atoms with E-state index in [-0.39, 0.29) is 11.6 Å². The van der Waals surface area contributed by atoms with Crippen molar-refractivity contribution in [3.63, 3.8) is 0 Å². The molecule has 3 N–H and O–H groups in total. The molecular weight excluding hydrogens is 259 g/mol. The summed E-state index contributed by atoms with van der Waals surface area (Å²) in [6, 6.07) is 3.48. The Bertz CT molecular complexity index is 436. The monoisotopic (exact) mass is 274 g/mol. The van der Waals surface area contributed by atoms with Crippen molar-refractivity contribution in [3.8, 4) is 0 Å². The Hall–Kier alpha value is -1.33. The van der Waals surface area contributed by atoms with E-state index in [2.05, 4.69) is 10.6 Å². The summed E-state index contributed by atoms with van der Waals surface area (Å²) in [4.78, 5) is 11.7. The molecule has 18 heavy (non-hydrogen) atoms. The van der Waals surface area contributed by atoms with Gasteiger partial charge in [-0.1, -0.05) is 18.5 Å². The molecule has 1 unspecified atom stereocenters. The molecule has 0 bridgehead atoms. The van der Waals surface area contributed by atoms with Gasteiger partial charge in [-0.05, 0) is 31.5 Å². The van der Waals surface area contributed by atoms with Crippen molar-refractivity contribution in [2.24, 2.45) is 0 Å². The van der Waals surface area contributed by atoms with Gasteiger partial charge in [0, 0.05) is 5.69 Å². The van der Waals surface area contributed by atoms with E-state index in [4.69, 9.17) is 16.7 Å². The van der Waals surface area contributed by atoms with E-state index in [0.717, 1.165) is 6.07 Å². The molecule has 4 nitrogen and oxygen atoms in total. The van der Waals surface area contributed by atoms with Crippen LogP contribution in [0.5, 0.6) is 0 Å². The highest BCUT2D eigenvalue weighted by Gasteiger charge is 2.23. The quantitative estimate of drug-likeness (QED) is 0.791. The summed E-state index contributed by atoms with van der Waals surface area (Å²) in [5, 5.41) is 14.3. The molecule has 0 aliphatic rings. The first-order chi connectivity index (χ1) is 8.40. The molecule has 0 aromatic heterocycles. The maximum Gasteiger partial charge on any atom is 0.319 e. The molecule has 1 rings (SSSR count). The Morgan fingerprint density at radius 2 is 2.22 bits per heavy atom. The van der Waals surface area contributed by atoms with Crippen molar-refractivity contribution < 1.29 is 14.3 Å². The molecule has 100 valence electrons. The number of benzene rings is 1. The number of anilines is 1. The predicted molar refractivity (Wildman–Crippen MR) is 69.3 cm³/mol. The molecule has 1 aromatic rings. The van der Waals surface area contributed by atoms with Gasteiger partial charge in [0.1, 0.15) is 5.82 Å². The summed E-state index contributed by atoms with van der Waals surface area (Å²) in [6.07, 6.45) is 0.575. The van der Waals surface area contributed by atoms with E-state index in [1.54, 1.807) is 6.92 Å². The third-order valence-electron chi connectivity index (χ3n) is 2.72. The van der Waals surface area contributed by atoms with E-state index in [0.29, 0.717) is 12.1 Å². The van der Waals surface area contributed by atoms with Crippen molar-refractivity contribution in [1.82, 2.24) is 5.32 Å². The maximum atomic E-state index is 13.2. The van der Waals surface area contributed by atoms with Crippen LogP contribution >= 0.6 is 11.6 Å². The number of aliphatic hydroxyl groups is 1. The van der Waals surface area contributed by atoms with Crippen molar-refractivity contribution in [2.45, 2.75) is 25.8 Å². The number of hydrogen-bond donors (Lipinski definition) is 3. The summed E-state index contributed by atoms with van der Waals surface area (Å²) in [5.74, 6) is -0.602. The van der Waals surface area contributed by atoms with Gasteiger partial charge in [0.25, 0.3) is 0 Å². The fourth-order valence-corrected chi connectivity index (χ4v) is 1.37. The van der Waals surface area contributed by atoms with Crippen LogP contribution in [-0.2, 0) is 0 Å². The molecule has 0 saturated carbocycles. The first-order valence-corrected chi connectivity index (χ1v) is 5.93. The summed E-state index contributed by atoms with van der Waals surface area (Å²) >= 11 is 5.53. The zero-order valence-corrected chi connectivity index (χ0v) is 11.0. The lowest BCUT2D eigenvalue weighted by Gasteiger charge is -2.27. The number of carbonyl (C=O) groups excluding carboxylic acids is 1. The van der Waals surface area contributed by atoms with Gasteiger partial charge >= 0.3 is 6.03 Å². The third kappa shape index (κ3) is 3.85. The van der Waals surface area contributed by atoms with Gasteiger partial charge < -0.3 is 15.7 Å². The Labute approximate surface area is 110 Å². The molecule has 2 amide bonds. The van der Waals surface area contributed by atoms with E-state index in [1.807, 2.05) is 6.92 Å². The number of urea groups is 1. The second-order valence-electron chi connectivity index (χ2n) is 4.28. The molecule has 0 fully saturated rings. The molecule has 0 saturated heterocycles. The van der Waals surface area contributed by atoms with Gasteiger partial charge in [0.15, 0.2) is 0 Å². The van der Waals surface area contributed by atoms with Gasteiger partial charge in [-0.3, -0.25) is 0 Å². The molecule has 6 heteroatoms. The number of aliphatic hydroxyl groups excluding tert-OH is 1. The van der Waals surface area contributed by atoms with Gasteiger partial charge in [-0.15, -0.1) is 0 Å². The molecular formula is C12H16ClFN2O2. The highest BCUT2D eigenvalue weighted by Crippen LogP contribution is 2.18. The van der Waals surface area contributed by atoms with Gasteiger partial charge in [0.2, 0.25) is 0 Å². The van der Waals surface area contributed by atoms with Crippen LogP contribution in [0.2, 0.25) is 5.02 Å². The van der Waals surface area contributed by atoms with Crippen molar-refractivity contribution in [3.05, 3.63) is 29.0 Å². The van der Waals surface area contributed by atoms with Crippen LogP contribution in [0.3, 0.4) is 0 Å². The summed E-state index contributed by atoms with van der Waals surface area (Å²) < 4.78 is 13.2. The normalized spacial score (nSPS) is 13.8. The second kappa shape index (κ2) is 6.02. The number of hydrogen-bond acceptors (Lipinski definition) is 2. The van der Waals surface area contributed by atoms with Crippen molar-refractivity contribution in [2.75, 3.05) is 11.9 Å². The number of nitrogens with one attached hydrogen (secondary N) is 2. The zero-order valence-electron chi connectivity index (χ0n) is 10.3. The number of amides is 2. The van der Waals surface area contributed by atoms with Crippen LogP contribution < -0.4 is 10.6 Å². The Morgan fingerprint density at radius 3 is 2.72 bits per heavy atom. The summed E-state index contributed by atoms with van der Waals surface area (Å²) in [5.41, 5.74) is -0.402. The first-order valence-electron chi connectivity index (χ1n) is 5.55. The lowest BCUT2D eigenvalue weighted by Crippen LogP contribution is -2.50. The lowest BCUT2D eigenvalue weighted by atomic mass is 10.0. The van der Waals surface area contributed by atoms with Crippen LogP contribution in [0.25, 0.3) is 0 Å². The number of halogens is 2. The lowest BCUT2D eigenvalue weighted by molar-refractivity contribution is 0.172. The second-order valence-corrected chi connectivity index (χ2v) is 4.69. The fourth-order valence-electron chi connectivity index (χ4n) is 1.25. The van der Waals surface area contributed by atoms with Crippen LogP contribution in [-0.4, -0.2) is 23.3 Å². The standard InChI is InChI=1S/C12H16ClFN2O2/c1-3-12(2,7-17)16-11(18)15-8-4-5-9(13)10(14)6-8/h4-6,17H,3,7H2,1-2H3,(H2,15,16,18). The fraction of sp³-hybridized carbons (Fsp3) is 0.417. The summed E-state index contributed by atoms with van der Waals surface area (Å²) in [7, 11) is 0. The largest absolute Gasteiger partial charge is 0.394 e. The van der Waals surface area contributed by atoms with Crippen LogP contribution in [0.1, 0.15) is 20.3 Å². The zero-order chi connectivity index (χ0) is 13.8. The minimum Gasteiger partial charge on any atom is -0.394 e. The third-order valence-corrected chi connectivity index (χ3v) is 3.03. The average Bonchev–Trinajstić information content (AvgIpc) is 2.33. The molecule has 0 aliphatic heterocycles. The molecule has 0 radical (unpaired) electrons. The topological polar surface area (TPSA) is 61.4 Å². The Kier molecular flexibility index (Phi) is 4.93. The van der Waals surface area contributed by atoms with Gasteiger partial charge in [-0.25, -0.2) is 9.18 Å². The van der Waals surface area contributed by atoms with Gasteiger partial charge in [-0.2, -0.15) is 0 Å². The Balaban J connectivity index is 2.67. The van der Waals surface area contributed by atoms with Crippen molar-refractivity contribution in [1.29, 1.82) is 0 Å². The van der Waals surface area contributed by atoms with E-state index in [1.165, 1.54) is 12.1 Å². The molecule has 0 spiro atoms. The number of rotatable bonds is 4.